The zero-order chi connectivity index (χ0) is 8.77. The number of ether oxygens (including phenoxy) is 2. The molecule has 2 aliphatic rings. The summed E-state index contributed by atoms with van der Waals surface area (Å²) >= 11 is 0. The number of hydrogen-bond donors (Lipinski definition) is 0. The van der Waals surface area contributed by atoms with E-state index in [2.05, 4.69) is 0 Å². The van der Waals surface area contributed by atoms with Crippen LogP contribution < -0.4 is 0 Å². The summed E-state index contributed by atoms with van der Waals surface area (Å²) in [5, 5.41) is 0. The van der Waals surface area contributed by atoms with Gasteiger partial charge in [0.2, 0.25) is 0 Å². The van der Waals surface area contributed by atoms with Gasteiger partial charge in [-0.2, -0.15) is 0 Å². The SMILES string of the molecule is CCOC(=O)[C@@]12C[C@@H]1COC2=O.[Na]. The van der Waals surface area contributed by atoms with Crippen LogP contribution in [0.25, 0.3) is 0 Å². The molecule has 0 N–H and O–H groups in total. The average molecular weight is 193 g/mol. The van der Waals surface area contributed by atoms with Gasteiger partial charge in [0.05, 0.1) is 13.2 Å². The molecule has 0 aromatic carbocycles. The van der Waals surface area contributed by atoms with Crippen molar-refractivity contribution in [3.8, 4) is 0 Å². The Labute approximate surface area is 98.2 Å². The van der Waals surface area contributed by atoms with Crippen LogP contribution in [0.2, 0.25) is 0 Å². The first-order valence-corrected chi connectivity index (χ1v) is 4.06. The number of rotatable bonds is 2. The molecular formula is C8H10NaO4. The second-order valence-electron chi connectivity index (χ2n) is 3.19. The van der Waals surface area contributed by atoms with Gasteiger partial charge in [0, 0.05) is 35.5 Å². The first kappa shape index (κ1) is 11.0. The van der Waals surface area contributed by atoms with Gasteiger partial charge in [-0.1, -0.05) is 0 Å². The smallest absolute Gasteiger partial charge is 0.323 e. The van der Waals surface area contributed by atoms with Crippen molar-refractivity contribution in [3.63, 3.8) is 0 Å². The van der Waals surface area contributed by atoms with Crippen LogP contribution in [-0.4, -0.2) is 54.7 Å². The Morgan fingerprint density at radius 1 is 1.77 bits per heavy atom. The monoisotopic (exact) mass is 193 g/mol. The maximum Gasteiger partial charge on any atom is 0.323 e. The maximum absolute atomic E-state index is 11.3. The predicted octanol–water partition coefficient (Wildman–Crippen LogP) is -0.268. The summed E-state index contributed by atoms with van der Waals surface area (Å²) in [5.74, 6) is -0.715. The summed E-state index contributed by atoms with van der Waals surface area (Å²) in [4.78, 5) is 22.4. The third-order valence-corrected chi connectivity index (χ3v) is 2.52. The van der Waals surface area contributed by atoms with E-state index in [1.165, 1.54) is 0 Å². The van der Waals surface area contributed by atoms with Gasteiger partial charge in [-0.05, 0) is 13.3 Å². The second kappa shape index (κ2) is 3.59. The number of fused-ring (bicyclic) bond motifs is 1. The number of carbonyl (C=O) groups is 2. The quantitative estimate of drug-likeness (QED) is 0.344. The van der Waals surface area contributed by atoms with Crippen LogP contribution >= 0.6 is 0 Å². The minimum absolute atomic E-state index is 0. The van der Waals surface area contributed by atoms with Crippen LogP contribution in [0, 0.1) is 11.3 Å². The minimum Gasteiger partial charge on any atom is -0.465 e. The zero-order valence-electron chi connectivity index (χ0n) is 7.83. The molecule has 5 heteroatoms. The van der Waals surface area contributed by atoms with E-state index in [4.69, 9.17) is 9.47 Å². The van der Waals surface area contributed by atoms with Gasteiger partial charge in [0.25, 0.3) is 0 Å². The van der Waals surface area contributed by atoms with E-state index in [-0.39, 0.29) is 35.5 Å². The molecule has 1 radical (unpaired) electrons. The molecule has 0 aromatic heterocycles. The Kier molecular flexibility index (Phi) is 3.05. The Morgan fingerprint density at radius 2 is 2.46 bits per heavy atom. The van der Waals surface area contributed by atoms with E-state index in [1.54, 1.807) is 6.92 Å². The van der Waals surface area contributed by atoms with Crippen molar-refractivity contribution in [3.05, 3.63) is 0 Å². The molecule has 2 rings (SSSR count). The summed E-state index contributed by atoms with van der Waals surface area (Å²) < 4.78 is 9.55. The van der Waals surface area contributed by atoms with Crippen molar-refractivity contribution >= 4 is 41.5 Å². The molecule has 1 aliphatic heterocycles. The summed E-state index contributed by atoms with van der Waals surface area (Å²) in [6.45, 7) is 2.43. The van der Waals surface area contributed by atoms with Gasteiger partial charge in [-0.3, -0.25) is 9.59 Å². The number of carbonyl (C=O) groups excluding carboxylic acids is 2. The van der Waals surface area contributed by atoms with Crippen molar-refractivity contribution in [2.24, 2.45) is 11.3 Å². The molecule has 67 valence electrons. The van der Waals surface area contributed by atoms with E-state index in [1.807, 2.05) is 0 Å². The van der Waals surface area contributed by atoms with Crippen molar-refractivity contribution < 1.29 is 19.1 Å². The van der Waals surface area contributed by atoms with Gasteiger partial charge in [-0.25, -0.2) is 0 Å². The topological polar surface area (TPSA) is 52.6 Å². The van der Waals surface area contributed by atoms with Crippen LogP contribution in [0.4, 0.5) is 0 Å². The Balaban J connectivity index is 0.000000845. The van der Waals surface area contributed by atoms with Crippen molar-refractivity contribution in [2.75, 3.05) is 13.2 Å². The van der Waals surface area contributed by atoms with E-state index >= 15 is 0 Å². The second-order valence-corrected chi connectivity index (χ2v) is 3.19. The molecule has 13 heavy (non-hydrogen) atoms. The number of esters is 2. The number of cyclic esters (lactones) is 1. The maximum atomic E-state index is 11.3. The largest absolute Gasteiger partial charge is 0.465 e. The molecule has 0 amide bonds. The van der Waals surface area contributed by atoms with Gasteiger partial charge in [-0.15, -0.1) is 0 Å². The molecule has 2 fully saturated rings. The molecule has 0 aromatic rings. The van der Waals surface area contributed by atoms with Crippen molar-refractivity contribution in [2.45, 2.75) is 13.3 Å². The van der Waals surface area contributed by atoms with E-state index in [0.29, 0.717) is 19.6 Å². The Bertz CT molecular complexity index is 253. The summed E-state index contributed by atoms with van der Waals surface area (Å²) in [5.41, 5.74) is -0.893. The molecule has 0 spiro atoms. The van der Waals surface area contributed by atoms with Gasteiger partial charge in [0.15, 0.2) is 5.41 Å². The van der Waals surface area contributed by atoms with Gasteiger partial charge < -0.3 is 9.47 Å². The molecule has 1 aliphatic carbocycles. The van der Waals surface area contributed by atoms with Crippen LogP contribution in [0.1, 0.15) is 13.3 Å². The van der Waals surface area contributed by atoms with E-state index in [9.17, 15) is 9.59 Å². The third kappa shape index (κ3) is 1.41. The summed E-state index contributed by atoms with van der Waals surface area (Å²) in [7, 11) is 0. The predicted molar refractivity (Wildman–Crippen MR) is 43.9 cm³/mol. The molecule has 1 heterocycles. The van der Waals surface area contributed by atoms with Gasteiger partial charge in [0.1, 0.15) is 0 Å². The van der Waals surface area contributed by atoms with E-state index in [0.717, 1.165) is 0 Å². The molecule has 1 saturated heterocycles. The van der Waals surface area contributed by atoms with Crippen molar-refractivity contribution in [1.29, 1.82) is 0 Å². The van der Waals surface area contributed by atoms with Crippen LogP contribution in [0.15, 0.2) is 0 Å². The molecule has 0 bridgehead atoms. The van der Waals surface area contributed by atoms with E-state index < -0.39 is 17.4 Å². The fourth-order valence-corrected chi connectivity index (χ4v) is 1.68. The molecule has 0 unspecified atom stereocenters. The third-order valence-electron chi connectivity index (χ3n) is 2.52. The van der Waals surface area contributed by atoms with Crippen LogP contribution in [0.3, 0.4) is 0 Å². The fraction of sp³-hybridized carbons (Fsp3) is 0.750. The summed E-state index contributed by atoms with van der Waals surface area (Å²) in [6.07, 6.45) is 0.616. The Morgan fingerprint density at radius 3 is 2.85 bits per heavy atom. The molecule has 2 atom stereocenters. The van der Waals surface area contributed by atoms with Crippen molar-refractivity contribution in [1.82, 2.24) is 0 Å². The Hall–Kier alpha value is -0.0600. The zero-order valence-corrected chi connectivity index (χ0v) is 9.83. The average Bonchev–Trinajstić information content (AvgIpc) is 2.69. The van der Waals surface area contributed by atoms with Crippen LogP contribution in [0.5, 0.6) is 0 Å². The normalized spacial score (nSPS) is 34.2. The molecule has 4 nitrogen and oxygen atoms in total. The molecular weight excluding hydrogens is 183 g/mol. The van der Waals surface area contributed by atoms with Crippen LogP contribution in [-0.2, 0) is 19.1 Å². The minimum atomic E-state index is -0.893. The molecule has 1 saturated carbocycles. The summed E-state index contributed by atoms with van der Waals surface area (Å²) in [6, 6.07) is 0. The first-order valence-electron chi connectivity index (χ1n) is 4.06. The van der Waals surface area contributed by atoms with Gasteiger partial charge >= 0.3 is 11.9 Å². The standard InChI is InChI=1S/C8H10O4.Na/c1-2-11-6(9)8-3-5(8)4-12-7(8)10;/h5H,2-4H2,1H3;/t5-,8-;/m1./s1. The number of hydrogen-bond acceptors (Lipinski definition) is 4. The fourth-order valence-electron chi connectivity index (χ4n) is 1.68. The first-order chi connectivity index (χ1) is 5.71.